The monoisotopic (exact) mass is 370 g/mol. The molecule has 2 aromatic rings. The van der Waals surface area contributed by atoms with Crippen molar-refractivity contribution in [3.8, 4) is 11.5 Å². The number of fused-ring (bicyclic) bond motifs is 1. The van der Waals surface area contributed by atoms with Gasteiger partial charge in [0.2, 0.25) is 11.8 Å². The number of amides is 2. The summed E-state index contributed by atoms with van der Waals surface area (Å²) in [6.07, 6.45) is 0.844. The van der Waals surface area contributed by atoms with Gasteiger partial charge in [0.25, 0.3) is 0 Å². The lowest BCUT2D eigenvalue weighted by atomic mass is 10.1. The number of nitrogens with zero attached hydrogens (tertiary/aromatic N) is 1. The largest absolute Gasteiger partial charge is 0.490 e. The van der Waals surface area contributed by atoms with Crippen LogP contribution in [0.1, 0.15) is 12.8 Å². The Morgan fingerprint density at radius 1 is 1.11 bits per heavy atom. The van der Waals surface area contributed by atoms with Gasteiger partial charge >= 0.3 is 0 Å². The first kappa shape index (κ1) is 17.3. The molecule has 0 spiro atoms. The number of carbonyl (C=O) groups excluding carboxylic acids is 2. The van der Waals surface area contributed by atoms with E-state index in [2.05, 4.69) is 5.32 Å². The summed E-state index contributed by atoms with van der Waals surface area (Å²) < 4.78 is 25.2. The van der Waals surface area contributed by atoms with Crippen LogP contribution in [0.5, 0.6) is 11.5 Å². The van der Waals surface area contributed by atoms with Crippen molar-refractivity contribution in [2.45, 2.75) is 12.8 Å². The van der Waals surface area contributed by atoms with Crippen LogP contribution < -0.4 is 19.7 Å². The molecular formula is C20H19FN2O4. The number of nitrogens with one attached hydrogen (secondary N) is 1. The average Bonchev–Trinajstić information content (AvgIpc) is 2.89. The number of ether oxygens (including phenoxy) is 2. The lowest BCUT2D eigenvalue weighted by molar-refractivity contribution is -0.122. The molecule has 1 N–H and O–H groups in total. The molecule has 140 valence electrons. The zero-order valence-corrected chi connectivity index (χ0v) is 14.6. The van der Waals surface area contributed by atoms with E-state index in [0.717, 1.165) is 6.42 Å². The van der Waals surface area contributed by atoms with E-state index in [1.165, 1.54) is 17.0 Å². The molecule has 1 unspecified atom stereocenters. The molecular weight excluding hydrogens is 351 g/mol. The minimum Gasteiger partial charge on any atom is -0.490 e. The second-order valence-electron chi connectivity index (χ2n) is 6.56. The van der Waals surface area contributed by atoms with E-state index in [4.69, 9.17) is 9.47 Å². The first-order valence-corrected chi connectivity index (χ1v) is 8.87. The molecule has 27 heavy (non-hydrogen) atoms. The zero-order valence-electron chi connectivity index (χ0n) is 14.6. The van der Waals surface area contributed by atoms with Crippen molar-refractivity contribution < 1.29 is 23.5 Å². The zero-order chi connectivity index (χ0) is 18.8. The van der Waals surface area contributed by atoms with Crippen molar-refractivity contribution in [1.29, 1.82) is 0 Å². The summed E-state index contributed by atoms with van der Waals surface area (Å²) in [5.41, 5.74) is 0.773. The SMILES string of the molecule is O=C(Nc1ccc2c(c1)OCCCO2)C1CC(=O)N(c2ccccc2F)C1. The number of anilines is 2. The highest BCUT2D eigenvalue weighted by Gasteiger charge is 2.36. The van der Waals surface area contributed by atoms with Gasteiger partial charge in [-0.25, -0.2) is 4.39 Å². The van der Waals surface area contributed by atoms with Crippen molar-refractivity contribution in [3.05, 3.63) is 48.3 Å². The van der Waals surface area contributed by atoms with E-state index in [0.29, 0.717) is 30.4 Å². The Labute approximate surface area is 155 Å². The van der Waals surface area contributed by atoms with E-state index < -0.39 is 11.7 Å². The number of para-hydroxylation sites is 1. The molecule has 2 aliphatic heterocycles. The summed E-state index contributed by atoms with van der Waals surface area (Å²) in [7, 11) is 0. The molecule has 1 fully saturated rings. The number of rotatable bonds is 3. The summed E-state index contributed by atoms with van der Waals surface area (Å²) in [6.45, 7) is 1.30. The third kappa shape index (κ3) is 3.58. The standard InChI is InChI=1S/C20H19FN2O4/c21-15-4-1-2-5-16(15)23-12-13(10-19(23)24)20(25)22-14-6-7-17-18(11-14)27-9-3-8-26-17/h1-2,4-7,11,13H,3,8-10,12H2,(H,22,25). The second-order valence-corrected chi connectivity index (χ2v) is 6.56. The van der Waals surface area contributed by atoms with Crippen LogP contribution in [0.25, 0.3) is 0 Å². The van der Waals surface area contributed by atoms with Gasteiger partial charge in [-0.2, -0.15) is 0 Å². The summed E-state index contributed by atoms with van der Waals surface area (Å²) in [4.78, 5) is 26.2. The average molecular weight is 370 g/mol. The number of hydrogen-bond donors (Lipinski definition) is 1. The third-order valence-electron chi connectivity index (χ3n) is 4.65. The molecule has 6 nitrogen and oxygen atoms in total. The topological polar surface area (TPSA) is 67.9 Å². The van der Waals surface area contributed by atoms with Crippen LogP contribution in [0.4, 0.5) is 15.8 Å². The maximum absolute atomic E-state index is 14.0. The highest BCUT2D eigenvalue weighted by atomic mass is 19.1. The fourth-order valence-corrected chi connectivity index (χ4v) is 3.27. The first-order chi connectivity index (χ1) is 13.1. The van der Waals surface area contributed by atoms with Crippen LogP contribution in [0.2, 0.25) is 0 Å². The molecule has 0 saturated carbocycles. The molecule has 2 amide bonds. The van der Waals surface area contributed by atoms with Gasteiger partial charge < -0.3 is 19.7 Å². The Morgan fingerprint density at radius 3 is 2.70 bits per heavy atom. The highest BCUT2D eigenvalue weighted by molar-refractivity contribution is 6.03. The summed E-state index contributed by atoms with van der Waals surface area (Å²) in [5.74, 6) is -0.341. The molecule has 0 bridgehead atoms. The van der Waals surface area contributed by atoms with Gasteiger partial charge in [0.15, 0.2) is 11.5 Å². The lowest BCUT2D eigenvalue weighted by Gasteiger charge is -2.17. The molecule has 1 saturated heterocycles. The predicted molar refractivity (Wildman–Crippen MR) is 97.5 cm³/mol. The maximum Gasteiger partial charge on any atom is 0.229 e. The quantitative estimate of drug-likeness (QED) is 0.902. The Morgan fingerprint density at radius 2 is 1.89 bits per heavy atom. The maximum atomic E-state index is 14.0. The molecule has 2 aromatic carbocycles. The van der Waals surface area contributed by atoms with E-state index in [1.54, 1.807) is 30.3 Å². The predicted octanol–water partition coefficient (Wildman–Crippen LogP) is 2.98. The van der Waals surface area contributed by atoms with Gasteiger partial charge in [-0.05, 0) is 24.3 Å². The fraction of sp³-hybridized carbons (Fsp3) is 0.300. The van der Waals surface area contributed by atoms with E-state index in [-0.39, 0.29) is 30.5 Å². The van der Waals surface area contributed by atoms with Gasteiger partial charge in [-0.3, -0.25) is 9.59 Å². The van der Waals surface area contributed by atoms with Crippen molar-refractivity contribution >= 4 is 23.2 Å². The number of halogens is 1. The van der Waals surface area contributed by atoms with Gasteiger partial charge in [0, 0.05) is 31.1 Å². The highest BCUT2D eigenvalue weighted by Crippen LogP contribution is 2.33. The van der Waals surface area contributed by atoms with E-state index >= 15 is 0 Å². The van der Waals surface area contributed by atoms with Gasteiger partial charge in [0.05, 0.1) is 24.8 Å². The van der Waals surface area contributed by atoms with Crippen LogP contribution in [0.3, 0.4) is 0 Å². The van der Waals surface area contributed by atoms with Crippen LogP contribution >= 0.6 is 0 Å². The molecule has 4 rings (SSSR count). The summed E-state index contributed by atoms with van der Waals surface area (Å²) in [5, 5.41) is 2.81. The third-order valence-corrected chi connectivity index (χ3v) is 4.65. The summed E-state index contributed by atoms with van der Waals surface area (Å²) >= 11 is 0. The minimum absolute atomic E-state index is 0.0463. The van der Waals surface area contributed by atoms with Gasteiger partial charge in [-0.1, -0.05) is 12.1 Å². The Hall–Kier alpha value is -3.09. The van der Waals surface area contributed by atoms with E-state index in [9.17, 15) is 14.0 Å². The molecule has 1 atom stereocenters. The first-order valence-electron chi connectivity index (χ1n) is 8.87. The molecule has 7 heteroatoms. The number of carbonyl (C=O) groups is 2. The molecule has 2 aliphatic rings. The van der Waals surface area contributed by atoms with Crippen molar-refractivity contribution in [2.75, 3.05) is 30.0 Å². The van der Waals surface area contributed by atoms with Crippen molar-refractivity contribution in [1.82, 2.24) is 0 Å². The van der Waals surface area contributed by atoms with Crippen LogP contribution in [0, 0.1) is 11.7 Å². The van der Waals surface area contributed by atoms with Gasteiger partial charge in [0.1, 0.15) is 5.82 Å². The van der Waals surface area contributed by atoms with Gasteiger partial charge in [-0.15, -0.1) is 0 Å². The molecule has 2 heterocycles. The molecule has 0 aliphatic carbocycles. The normalized spacial score (nSPS) is 18.9. The van der Waals surface area contributed by atoms with Crippen LogP contribution in [-0.4, -0.2) is 31.6 Å². The van der Waals surface area contributed by atoms with Crippen molar-refractivity contribution in [2.24, 2.45) is 5.92 Å². The Balaban J connectivity index is 1.46. The van der Waals surface area contributed by atoms with Crippen LogP contribution in [-0.2, 0) is 9.59 Å². The fourth-order valence-electron chi connectivity index (χ4n) is 3.27. The van der Waals surface area contributed by atoms with Crippen LogP contribution in [0.15, 0.2) is 42.5 Å². The molecule has 0 radical (unpaired) electrons. The van der Waals surface area contributed by atoms with Crippen molar-refractivity contribution in [3.63, 3.8) is 0 Å². The second kappa shape index (κ2) is 7.26. The number of hydrogen-bond acceptors (Lipinski definition) is 4. The Kier molecular flexibility index (Phi) is 4.66. The van der Waals surface area contributed by atoms with E-state index in [1.807, 2.05) is 0 Å². The Bertz CT molecular complexity index is 886. The molecule has 0 aromatic heterocycles. The lowest BCUT2D eigenvalue weighted by Crippen LogP contribution is -2.28. The number of benzene rings is 2. The minimum atomic E-state index is -0.548. The smallest absolute Gasteiger partial charge is 0.229 e. The summed E-state index contributed by atoms with van der Waals surface area (Å²) in [6, 6.07) is 11.3.